The van der Waals surface area contributed by atoms with Crippen molar-refractivity contribution in [2.45, 2.75) is 38.6 Å². The van der Waals surface area contributed by atoms with Gasteiger partial charge in [0.15, 0.2) is 0 Å². The summed E-state index contributed by atoms with van der Waals surface area (Å²) in [7, 11) is -2.97. The summed E-state index contributed by atoms with van der Waals surface area (Å²) in [5.41, 5.74) is 0. The minimum absolute atomic E-state index is 0.197. The van der Waals surface area contributed by atoms with Crippen molar-refractivity contribution in [3.8, 4) is 0 Å². The monoisotopic (exact) mass is 191 g/mol. The van der Waals surface area contributed by atoms with Crippen LogP contribution in [-0.4, -0.2) is 31.6 Å². The molecule has 0 aliphatic carbocycles. The molecule has 1 atom stereocenters. The summed E-state index contributed by atoms with van der Waals surface area (Å²) in [6.07, 6.45) is 5.64. The quantitative estimate of drug-likeness (QED) is 0.624. The van der Waals surface area contributed by atoms with Gasteiger partial charge in [-0.3, -0.25) is 0 Å². The Labute approximate surface area is 74.8 Å². The Bertz CT molecular complexity index is 235. The number of nitrogens with zero attached hydrogens (tertiary/aromatic N) is 1. The molecular weight excluding hydrogens is 174 g/mol. The SMILES string of the molecule is CC1CCCCCN1S(C)(=O)=O. The first-order valence-corrected chi connectivity index (χ1v) is 6.33. The summed E-state index contributed by atoms with van der Waals surface area (Å²) >= 11 is 0. The predicted molar refractivity (Wildman–Crippen MR) is 49.5 cm³/mol. The molecule has 12 heavy (non-hydrogen) atoms. The maximum absolute atomic E-state index is 11.3. The molecule has 0 spiro atoms. The molecule has 1 aliphatic heterocycles. The molecule has 1 rings (SSSR count). The fraction of sp³-hybridized carbons (Fsp3) is 1.00. The minimum atomic E-state index is -2.97. The van der Waals surface area contributed by atoms with Gasteiger partial charge < -0.3 is 0 Å². The van der Waals surface area contributed by atoms with Crippen molar-refractivity contribution in [2.24, 2.45) is 0 Å². The van der Waals surface area contributed by atoms with Crippen molar-refractivity contribution in [3.63, 3.8) is 0 Å². The highest BCUT2D eigenvalue weighted by atomic mass is 32.2. The molecule has 0 N–H and O–H groups in total. The maximum atomic E-state index is 11.3. The van der Waals surface area contributed by atoms with E-state index in [-0.39, 0.29) is 6.04 Å². The maximum Gasteiger partial charge on any atom is 0.211 e. The summed E-state index contributed by atoms with van der Waals surface area (Å²) in [4.78, 5) is 0. The zero-order valence-electron chi connectivity index (χ0n) is 7.78. The average Bonchev–Trinajstić information content (AvgIpc) is 2.11. The second-order valence-corrected chi connectivity index (χ2v) is 5.51. The van der Waals surface area contributed by atoms with Gasteiger partial charge in [-0.05, 0) is 19.8 Å². The third kappa shape index (κ3) is 2.45. The Kier molecular flexibility index (Phi) is 3.12. The molecule has 1 aliphatic rings. The molecule has 0 aromatic heterocycles. The summed E-state index contributed by atoms with van der Waals surface area (Å²) in [6.45, 7) is 2.70. The van der Waals surface area contributed by atoms with Crippen LogP contribution in [0.25, 0.3) is 0 Å². The van der Waals surface area contributed by atoms with Gasteiger partial charge in [0.2, 0.25) is 10.0 Å². The van der Waals surface area contributed by atoms with E-state index in [9.17, 15) is 8.42 Å². The fourth-order valence-electron chi connectivity index (χ4n) is 1.74. The van der Waals surface area contributed by atoms with Crippen molar-refractivity contribution in [3.05, 3.63) is 0 Å². The Morgan fingerprint density at radius 3 is 2.50 bits per heavy atom. The molecule has 1 heterocycles. The van der Waals surface area contributed by atoms with Crippen LogP contribution in [0.15, 0.2) is 0 Å². The first kappa shape index (κ1) is 9.99. The normalized spacial score (nSPS) is 28.3. The van der Waals surface area contributed by atoms with Crippen LogP contribution in [0.2, 0.25) is 0 Å². The topological polar surface area (TPSA) is 37.4 Å². The van der Waals surface area contributed by atoms with Crippen LogP contribution in [0, 0.1) is 0 Å². The van der Waals surface area contributed by atoms with Crippen LogP contribution < -0.4 is 0 Å². The van der Waals surface area contributed by atoms with Crippen molar-refractivity contribution in [1.82, 2.24) is 4.31 Å². The van der Waals surface area contributed by atoms with Crippen LogP contribution in [0.4, 0.5) is 0 Å². The van der Waals surface area contributed by atoms with Crippen molar-refractivity contribution >= 4 is 10.0 Å². The van der Waals surface area contributed by atoms with Gasteiger partial charge in [0.05, 0.1) is 6.26 Å². The standard InChI is InChI=1S/C8H17NO2S/c1-8-6-4-3-5-7-9(8)12(2,10)11/h8H,3-7H2,1-2H3. The van der Waals surface area contributed by atoms with Crippen LogP contribution in [-0.2, 0) is 10.0 Å². The Balaban J connectivity index is 2.72. The van der Waals surface area contributed by atoms with E-state index in [2.05, 4.69) is 0 Å². The lowest BCUT2D eigenvalue weighted by Crippen LogP contribution is -2.37. The highest BCUT2D eigenvalue weighted by molar-refractivity contribution is 7.88. The molecule has 0 bridgehead atoms. The van der Waals surface area contributed by atoms with Crippen molar-refractivity contribution in [2.75, 3.05) is 12.8 Å². The fourth-order valence-corrected chi connectivity index (χ4v) is 2.96. The Morgan fingerprint density at radius 1 is 1.25 bits per heavy atom. The van der Waals surface area contributed by atoms with E-state index in [1.54, 1.807) is 4.31 Å². The minimum Gasteiger partial charge on any atom is -0.212 e. The molecule has 1 unspecified atom stereocenters. The average molecular weight is 191 g/mol. The number of rotatable bonds is 1. The molecule has 0 aromatic carbocycles. The highest BCUT2D eigenvalue weighted by Crippen LogP contribution is 2.18. The van der Waals surface area contributed by atoms with E-state index < -0.39 is 10.0 Å². The van der Waals surface area contributed by atoms with Crippen LogP contribution in [0.5, 0.6) is 0 Å². The van der Waals surface area contributed by atoms with Gasteiger partial charge in [-0.15, -0.1) is 0 Å². The summed E-state index contributed by atoms with van der Waals surface area (Å²) in [5, 5.41) is 0. The van der Waals surface area contributed by atoms with Crippen LogP contribution in [0.3, 0.4) is 0 Å². The Hall–Kier alpha value is -0.0900. The molecule has 0 radical (unpaired) electrons. The van der Waals surface area contributed by atoms with Crippen LogP contribution in [0.1, 0.15) is 32.6 Å². The summed E-state index contributed by atoms with van der Waals surface area (Å²) in [6, 6.07) is 0.197. The zero-order valence-corrected chi connectivity index (χ0v) is 8.60. The van der Waals surface area contributed by atoms with Gasteiger partial charge >= 0.3 is 0 Å². The van der Waals surface area contributed by atoms with Gasteiger partial charge in [0.25, 0.3) is 0 Å². The smallest absolute Gasteiger partial charge is 0.211 e. The third-order valence-electron chi connectivity index (χ3n) is 2.42. The molecule has 72 valence electrons. The van der Waals surface area contributed by atoms with E-state index in [0.29, 0.717) is 6.54 Å². The lowest BCUT2D eigenvalue weighted by Gasteiger charge is -2.23. The van der Waals surface area contributed by atoms with E-state index in [4.69, 9.17) is 0 Å². The predicted octanol–water partition coefficient (Wildman–Crippen LogP) is 1.21. The molecule has 4 heteroatoms. The molecule has 0 amide bonds. The first-order chi connectivity index (χ1) is 5.52. The van der Waals surface area contributed by atoms with E-state index in [0.717, 1.165) is 25.7 Å². The number of hydrogen-bond donors (Lipinski definition) is 0. The van der Waals surface area contributed by atoms with E-state index >= 15 is 0 Å². The van der Waals surface area contributed by atoms with Gasteiger partial charge in [-0.25, -0.2) is 8.42 Å². The molecular formula is C8H17NO2S. The molecule has 0 saturated carbocycles. The lowest BCUT2D eigenvalue weighted by molar-refractivity contribution is 0.345. The summed E-state index contributed by atoms with van der Waals surface area (Å²) in [5.74, 6) is 0. The number of sulfonamides is 1. The van der Waals surface area contributed by atoms with E-state index in [1.165, 1.54) is 6.26 Å². The second kappa shape index (κ2) is 3.75. The largest absolute Gasteiger partial charge is 0.212 e. The van der Waals surface area contributed by atoms with Gasteiger partial charge in [-0.2, -0.15) is 4.31 Å². The second-order valence-electron chi connectivity index (χ2n) is 3.57. The molecule has 1 fully saturated rings. The third-order valence-corrected chi connectivity index (χ3v) is 3.81. The van der Waals surface area contributed by atoms with E-state index in [1.807, 2.05) is 6.92 Å². The van der Waals surface area contributed by atoms with Gasteiger partial charge in [-0.1, -0.05) is 12.8 Å². The Morgan fingerprint density at radius 2 is 1.92 bits per heavy atom. The lowest BCUT2D eigenvalue weighted by atomic mass is 10.1. The van der Waals surface area contributed by atoms with Gasteiger partial charge in [0, 0.05) is 12.6 Å². The van der Waals surface area contributed by atoms with Crippen molar-refractivity contribution in [1.29, 1.82) is 0 Å². The van der Waals surface area contributed by atoms with Crippen LogP contribution >= 0.6 is 0 Å². The molecule has 1 saturated heterocycles. The zero-order chi connectivity index (χ0) is 9.19. The number of hydrogen-bond acceptors (Lipinski definition) is 2. The van der Waals surface area contributed by atoms with Crippen molar-refractivity contribution < 1.29 is 8.42 Å². The van der Waals surface area contributed by atoms with Gasteiger partial charge in [0.1, 0.15) is 0 Å². The highest BCUT2D eigenvalue weighted by Gasteiger charge is 2.24. The molecule has 3 nitrogen and oxygen atoms in total. The molecule has 0 aromatic rings. The summed E-state index contributed by atoms with van der Waals surface area (Å²) < 4.78 is 24.2. The first-order valence-electron chi connectivity index (χ1n) is 4.48.